The molecule has 0 radical (unpaired) electrons. The zero-order valence-corrected chi connectivity index (χ0v) is 19.2. The molecule has 0 bridgehead atoms. The molecule has 1 heterocycles. The minimum atomic E-state index is -2.23. The van der Waals surface area contributed by atoms with E-state index < -0.39 is 19.9 Å². The van der Waals surface area contributed by atoms with Crippen LogP contribution in [0.25, 0.3) is 0 Å². The first-order chi connectivity index (χ1) is 13.6. The Morgan fingerprint density at radius 2 is 1.59 bits per heavy atom. The molecule has 4 nitrogen and oxygen atoms in total. The zero-order valence-electron chi connectivity index (χ0n) is 18.2. The highest BCUT2D eigenvalue weighted by molar-refractivity contribution is 6.74. The predicted molar refractivity (Wildman–Crippen MR) is 117 cm³/mol. The van der Waals surface area contributed by atoms with E-state index in [1.807, 2.05) is 60.7 Å². The highest BCUT2D eigenvalue weighted by atomic mass is 28.4. The Labute approximate surface area is 175 Å². The van der Waals surface area contributed by atoms with E-state index in [0.717, 1.165) is 11.1 Å². The van der Waals surface area contributed by atoms with Gasteiger partial charge in [-0.1, -0.05) is 81.4 Å². The first-order valence-corrected chi connectivity index (χ1v) is 13.0. The van der Waals surface area contributed by atoms with Crippen molar-refractivity contribution in [2.45, 2.75) is 62.8 Å². The van der Waals surface area contributed by atoms with Gasteiger partial charge in [-0.15, -0.1) is 0 Å². The summed E-state index contributed by atoms with van der Waals surface area (Å²) in [5.41, 5.74) is 0.658. The summed E-state index contributed by atoms with van der Waals surface area (Å²) in [7, 11) is -0.625. The molecule has 0 aliphatic carbocycles. The largest absolute Gasteiger partial charge is 0.369 e. The average molecular weight is 410 g/mol. The number of ether oxygens (including phenoxy) is 2. The van der Waals surface area contributed by atoms with Crippen LogP contribution in [0.15, 0.2) is 60.7 Å². The molecule has 154 valence electrons. The van der Waals surface area contributed by atoms with Gasteiger partial charge in [-0.25, -0.2) is 0 Å². The summed E-state index contributed by atoms with van der Waals surface area (Å²) in [5, 5.41) is 10.4. The van der Waals surface area contributed by atoms with Gasteiger partial charge in [0.05, 0.1) is 0 Å². The van der Waals surface area contributed by atoms with Gasteiger partial charge >= 0.3 is 0 Å². The Balaban J connectivity index is 2.13. The van der Waals surface area contributed by atoms with Crippen molar-refractivity contribution in [1.29, 1.82) is 5.26 Å². The highest BCUT2D eigenvalue weighted by Gasteiger charge is 2.61. The van der Waals surface area contributed by atoms with Crippen LogP contribution in [0.1, 0.15) is 44.2 Å². The molecule has 5 heteroatoms. The standard InChI is InChI=1S/C24H31NO3Si/c1-22(2,3)29(5,6)28-24(26-4)17-21(19-13-9-7-10-14-19)23(18-25,27-24)20-15-11-8-12-16-20/h7-16,21H,17H2,1-6H3. The number of nitriles is 1. The molecule has 1 fully saturated rings. The molecule has 2 aromatic rings. The Morgan fingerprint density at radius 3 is 2.07 bits per heavy atom. The maximum Gasteiger partial charge on any atom is 0.275 e. The van der Waals surface area contributed by atoms with Crippen molar-refractivity contribution < 1.29 is 13.9 Å². The predicted octanol–water partition coefficient (Wildman–Crippen LogP) is 5.93. The molecule has 0 aromatic heterocycles. The maximum atomic E-state index is 10.4. The molecule has 0 spiro atoms. The second-order valence-electron chi connectivity index (χ2n) is 9.23. The second-order valence-corrected chi connectivity index (χ2v) is 14.0. The van der Waals surface area contributed by atoms with E-state index in [4.69, 9.17) is 13.9 Å². The minimum Gasteiger partial charge on any atom is -0.369 e. The van der Waals surface area contributed by atoms with Crippen LogP contribution in [0.2, 0.25) is 18.1 Å². The van der Waals surface area contributed by atoms with Crippen LogP contribution >= 0.6 is 0 Å². The lowest BCUT2D eigenvalue weighted by molar-refractivity contribution is -0.339. The molecule has 0 saturated carbocycles. The first kappa shape index (κ1) is 21.7. The molecule has 0 amide bonds. The Bertz CT molecular complexity index is 872. The van der Waals surface area contributed by atoms with E-state index in [0.29, 0.717) is 6.42 Å². The van der Waals surface area contributed by atoms with E-state index in [-0.39, 0.29) is 11.0 Å². The molecule has 1 aliphatic heterocycles. The van der Waals surface area contributed by atoms with Crippen molar-refractivity contribution in [2.75, 3.05) is 7.11 Å². The van der Waals surface area contributed by atoms with Crippen molar-refractivity contribution in [3.8, 4) is 6.07 Å². The fraction of sp³-hybridized carbons (Fsp3) is 0.458. The number of hydrogen-bond acceptors (Lipinski definition) is 4. The van der Waals surface area contributed by atoms with Crippen LogP contribution in [0.3, 0.4) is 0 Å². The Kier molecular flexibility index (Phi) is 5.77. The number of benzene rings is 2. The molecular formula is C24H31NO3Si. The van der Waals surface area contributed by atoms with E-state index in [9.17, 15) is 5.26 Å². The topological polar surface area (TPSA) is 51.5 Å². The number of rotatable bonds is 5. The number of hydrogen-bond donors (Lipinski definition) is 0. The quantitative estimate of drug-likeness (QED) is 0.453. The number of nitrogens with zero attached hydrogens (tertiary/aromatic N) is 1. The lowest BCUT2D eigenvalue weighted by Crippen LogP contribution is -2.51. The summed E-state index contributed by atoms with van der Waals surface area (Å²) in [4.78, 5) is 0. The molecule has 0 N–H and O–H groups in total. The van der Waals surface area contributed by atoms with Gasteiger partial charge in [0, 0.05) is 19.4 Å². The second kappa shape index (κ2) is 7.70. The molecule has 3 rings (SSSR count). The van der Waals surface area contributed by atoms with Crippen LogP contribution in [0.5, 0.6) is 0 Å². The Morgan fingerprint density at radius 1 is 1.03 bits per heavy atom. The minimum absolute atomic E-state index is 0.0191. The number of methoxy groups -OCH3 is 1. The summed E-state index contributed by atoms with van der Waals surface area (Å²) in [6, 6.07) is 22.2. The molecule has 1 saturated heterocycles. The lowest BCUT2D eigenvalue weighted by Gasteiger charge is -2.43. The normalized spacial score (nSPS) is 27.6. The third kappa shape index (κ3) is 3.91. The SMILES string of the molecule is COC1(O[Si](C)(C)C(C)(C)C)CC(c2ccccc2)C(C#N)(c2ccccc2)O1. The van der Waals surface area contributed by atoms with Crippen molar-refractivity contribution in [3.63, 3.8) is 0 Å². The van der Waals surface area contributed by atoms with Gasteiger partial charge < -0.3 is 13.9 Å². The molecule has 3 unspecified atom stereocenters. The van der Waals surface area contributed by atoms with Gasteiger partial charge in [0.1, 0.15) is 6.07 Å². The van der Waals surface area contributed by atoms with Crippen molar-refractivity contribution >= 4 is 8.32 Å². The van der Waals surface area contributed by atoms with Gasteiger partial charge in [0.2, 0.25) is 0 Å². The van der Waals surface area contributed by atoms with E-state index in [1.165, 1.54) is 0 Å². The van der Waals surface area contributed by atoms with E-state index in [1.54, 1.807) is 7.11 Å². The van der Waals surface area contributed by atoms with Gasteiger partial charge in [-0.05, 0) is 29.3 Å². The lowest BCUT2D eigenvalue weighted by atomic mass is 9.78. The first-order valence-electron chi connectivity index (χ1n) is 10.1. The van der Waals surface area contributed by atoms with Crippen LogP contribution in [0, 0.1) is 11.3 Å². The zero-order chi connectivity index (χ0) is 21.3. The van der Waals surface area contributed by atoms with Gasteiger partial charge in [0.15, 0.2) is 13.9 Å². The maximum absolute atomic E-state index is 10.4. The molecule has 1 aliphatic rings. The van der Waals surface area contributed by atoms with Crippen molar-refractivity contribution in [1.82, 2.24) is 0 Å². The molecular weight excluding hydrogens is 378 g/mol. The highest BCUT2D eigenvalue weighted by Crippen LogP contribution is 2.56. The van der Waals surface area contributed by atoms with Crippen LogP contribution in [-0.2, 0) is 19.5 Å². The van der Waals surface area contributed by atoms with Crippen LogP contribution in [0.4, 0.5) is 0 Å². The van der Waals surface area contributed by atoms with Crippen LogP contribution in [-0.4, -0.2) is 21.4 Å². The average Bonchev–Trinajstić information content (AvgIpc) is 3.04. The van der Waals surface area contributed by atoms with E-state index in [2.05, 4.69) is 39.9 Å². The van der Waals surface area contributed by atoms with Gasteiger partial charge in [0.25, 0.3) is 5.97 Å². The molecule has 29 heavy (non-hydrogen) atoms. The molecule has 3 atom stereocenters. The van der Waals surface area contributed by atoms with E-state index >= 15 is 0 Å². The fourth-order valence-corrected chi connectivity index (χ4v) is 4.96. The molecule has 2 aromatic carbocycles. The summed E-state index contributed by atoms with van der Waals surface area (Å²) >= 11 is 0. The van der Waals surface area contributed by atoms with Gasteiger partial charge in [-0.3, -0.25) is 0 Å². The Hall–Kier alpha value is -1.97. The van der Waals surface area contributed by atoms with Crippen molar-refractivity contribution in [3.05, 3.63) is 71.8 Å². The summed E-state index contributed by atoms with van der Waals surface area (Å²) in [6.45, 7) is 10.9. The van der Waals surface area contributed by atoms with Gasteiger partial charge in [-0.2, -0.15) is 5.26 Å². The monoisotopic (exact) mass is 409 g/mol. The summed E-state index contributed by atoms with van der Waals surface area (Å²) in [6.07, 6.45) is 0.447. The fourth-order valence-electron chi connectivity index (χ4n) is 3.67. The summed E-state index contributed by atoms with van der Waals surface area (Å²) in [5.74, 6) is -1.49. The third-order valence-electron chi connectivity index (χ3n) is 6.36. The van der Waals surface area contributed by atoms with Crippen LogP contribution < -0.4 is 0 Å². The summed E-state index contributed by atoms with van der Waals surface area (Å²) < 4.78 is 19.1. The third-order valence-corrected chi connectivity index (χ3v) is 10.8. The van der Waals surface area contributed by atoms with Crippen molar-refractivity contribution in [2.24, 2.45) is 0 Å². The smallest absolute Gasteiger partial charge is 0.275 e.